The molecule has 0 radical (unpaired) electrons. The van der Waals surface area contributed by atoms with E-state index in [0.717, 1.165) is 26.2 Å². The zero-order valence-electron chi connectivity index (χ0n) is 40.5. The lowest BCUT2D eigenvalue weighted by molar-refractivity contribution is -0.140. The highest BCUT2D eigenvalue weighted by Gasteiger charge is 2.35. The highest BCUT2D eigenvalue weighted by molar-refractivity contribution is 5.96. The molecule has 2 aromatic carbocycles. The maximum Gasteiger partial charge on any atom is 0.254 e. The van der Waals surface area contributed by atoms with Crippen LogP contribution in [0.4, 0.5) is 0 Å². The molecular formula is C49H74N6O9. The van der Waals surface area contributed by atoms with Gasteiger partial charge in [0, 0.05) is 107 Å². The van der Waals surface area contributed by atoms with Crippen LogP contribution in [-0.4, -0.2) is 146 Å². The Balaban J connectivity index is 0.000000189. The van der Waals surface area contributed by atoms with Gasteiger partial charge in [-0.25, -0.2) is 0 Å². The number of carbonyl (C=O) groups is 5. The standard InChI is InChI=1S/2C19H26N2O4.C11H22N2O/c2*1-13(19(2,3)4)17(22)20-7-9-21(10-8-20)18(23)14-5-6-15-16(11-14)25-12-24-15;1-9(11(2,3)4)10(14)13-7-5-12-6-8-13/h2*5-6,11,13H,7-10,12H2,1-4H3;9,12H,5-8H2,1-4H3/t2*13-;9-/m111/s1. The van der Waals surface area contributed by atoms with Gasteiger partial charge < -0.3 is 48.8 Å². The Labute approximate surface area is 381 Å². The summed E-state index contributed by atoms with van der Waals surface area (Å²) >= 11 is 0. The molecule has 15 heteroatoms. The average molecular weight is 891 g/mol. The summed E-state index contributed by atoms with van der Waals surface area (Å²) in [6, 6.07) is 10.5. The van der Waals surface area contributed by atoms with Gasteiger partial charge in [0.25, 0.3) is 11.8 Å². The number of fused-ring (bicyclic) bond motifs is 2. The second kappa shape index (κ2) is 20.8. The Kier molecular flexibility index (Phi) is 16.3. The number of nitrogens with zero attached hydrogens (tertiary/aromatic N) is 5. The van der Waals surface area contributed by atoms with Crippen LogP contribution in [0, 0.1) is 34.0 Å². The van der Waals surface area contributed by atoms with E-state index in [-0.39, 0.29) is 71.2 Å². The fourth-order valence-electron chi connectivity index (χ4n) is 7.50. The zero-order chi connectivity index (χ0) is 47.1. The number of nitrogens with one attached hydrogen (secondary N) is 1. The molecule has 0 spiro atoms. The molecule has 0 aliphatic carbocycles. The van der Waals surface area contributed by atoms with Crippen LogP contribution in [-0.2, 0) is 14.4 Å². The van der Waals surface area contributed by atoms with Gasteiger partial charge in [-0.2, -0.15) is 0 Å². The third kappa shape index (κ3) is 12.6. The lowest BCUT2D eigenvalue weighted by Crippen LogP contribution is -2.52. The Morgan fingerprint density at radius 2 is 0.719 bits per heavy atom. The van der Waals surface area contributed by atoms with Crippen molar-refractivity contribution in [3.63, 3.8) is 0 Å². The van der Waals surface area contributed by atoms with Crippen LogP contribution in [0.25, 0.3) is 0 Å². The molecule has 3 saturated heterocycles. The number of hydrogen-bond acceptors (Lipinski definition) is 10. The highest BCUT2D eigenvalue weighted by Crippen LogP contribution is 2.35. The topological polar surface area (TPSA) is 150 Å². The molecule has 7 rings (SSSR count). The molecular weight excluding hydrogens is 817 g/mol. The van der Waals surface area contributed by atoms with E-state index >= 15 is 0 Å². The number of piperazine rings is 3. The van der Waals surface area contributed by atoms with Crippen molar-refractivity contribution < 1.29 is 42.9 Å². The van der Waals surface area contributed by atoms with E-state index in [1.807, 2.05) is 35.5 Å². The van der Waals surface area contributed by atoms with Crippen molar-refractivity contribution in [2.45, 2.75) is 83.1 Å². The minimum absolute atomic E-state index is 0.0331. The van der Waals surface area contributed by atoms with E-state index < -0.39 is 0 Å². The second-order valence-electron chi connectivity index (χ2n) is 20.7. The van der Waals surface area contributed by atoms with E-state index in [0.29, 0.717) is 92.4 Å². The van der Waals surface area contributed by atoms with Crippen molar-refractivity contribution in [1.29, 1.82) is 0 Å². The predicted molar refractivity (Wildman–Crippen MR) is 245 cm³/mol. The largest absolute Gasteiger partial charge is 0.454 e. The fraction of sp³-hybridized carbons (Fsp3) is 0.653. The summed E-state index contributed by atoms with van der Waals surface area (Å²) in [7, 11) is 0. The summed E-state index contributed by atoms with van der Waals surface area (Å²) < 4.78 is 21.2. The SMILES string of the molecule is C[C@H](C(=O)N1CCN(C(=O)c2ccc3c(c2)OCO3)CC1)C(C)(C)C.C[C@H](C(=O)N1CCN(C(=O)c2ccc3c(c2)OCO3)CC1)C(C)(C)C.C[C@H](C(=O)N1CCNCC1)C(C)(C)C. The summed E-state index contributed by atoms with van der Waals surface area (Å²) in [5.74, 6) is 3.17. The number of amides is 5. The van der Waals surface area contributed by atoms with Crippen molar-refractivity contribution in [1.82, 2.24) is 29.8 Å². The lowest BCUT2D eigenvalue weighted by atomic mass is 9.81. The van der Waals surface area contributed by atoms with E-state index in [9.17, 15) is 24.0 Å². The normalized spacial score (nSPS) is 18.8. The van der Waals surface area contributed by atoms with Gasteiger partial charge in [-0.15, -0.1) is 0 Å². The second-order valence-corrected chi connectivity index (χ2v) is 20.7. The van der Waals surface area contributed by atoms with E-state index in [1.165, 1.54) is 0 Å². The quantitative estimate of drug-likeness (QED) is 0.387. The summed E-state index contributed by atoms with van der Waals surface area (Å²) in [5.41, 5.74) is 1.13. The van der Waals surface area contributed by atoms with Crippen LogP contribution in [0.2, 0.25) is 0 Å². The van der Waals surface area contributed by atoms with E-state index in [4.69, 9.17) is 18.9 Å². The number of hydrogen-bond donors (Lipinski definition) is 1. The minimum atomic E-state index is -0.0590. The predicted octanol–water partition coefficient (Wildman–Crippen LogP) is 5.86. The Morgan fingerprint density at radius 1 is 0.438 bits per heavy atom. The molecule has 5 heterocycles. The van der Waals surface area contributed by atoms with Gasteiger partial charge in [-0.1, -0.05) is 83.1 Å². The van der Waals surface area contributed by atoms with Gasteiger partial charge in [0.05, 0.1) is 0 Å². The van der Waals surface area contributed by atoms with Crippen molar-refractivity contribution in [2.75, 3.05) is 92.1 Å². The van der Waals surface area contributed by atoms with Crippen molar-refractivity contribution >= 4 is 29.5 Å². The summed E-state index contributed by atoms with van der Waals surface area (Å²) in [5, 5.41) is 3.25. The Bertz CT molecular complexity index is 1850. The average Bonchev–Trinajstić information content (AvgIpc) is 3.96. The molecule has 0 bridgehead atoms. The number of rotatable bonds is 5. The van der Waals surface area contributed by atoms with Crippen LogP contribution in [0.15, 0.2) is 36.4 Å². The molecule has 1 N–H and O–H groups in total. The molecule has 0 unspecified atom stereocenters. The number of benzene rings is 2. The Hall–Kier alpha value is -5.05. The van der Waals surface area contributed by atoms with Gasteiger partial charge >= 0.3 is 0 Å². The molecule has 5 aliphatic rings. The first-order valence-electron chi connectivity index (χ1n) is 22.9. The first kappa shape index (κ1) is 50.0. The maximum atomic E-state index is 12.7. The van der Waals surface area contributed by atoms with E-state index in [1.54, 1.807) is 46.2 Å². The molecule has 0 aromatic heterocycles. The van der Waals surface area contributed by atoms with Crippen LogP contribution < -0.4 is 24.3 Å². The fourth-order valence-corrected chi connectivity index (χ4v) is 7.50. The maximum absolute atomic E-state index is 12.7. The summed E-state index contributed by atoms with van der Waals surface area (Å²) in [4.78, 5) is 72.0. The first-order chi connectivity index (χ1) is 30.0. The van der Waals surface area contributed by atoms with E-state index in [2.05, 4.69) is 67.6 Å². The van der Waals surface area contributed by atoms with Crippen LogP contribution in [0.3, 0.4) is 0 Å². The summed E-state index contributed by atoms with van der Waals surface area (Å²) in [6.45, 7) is 33.3. The molecule has 15 nitrogen and oxygen atoms in total. The molecule has 0 saturated carbocycles. The molecule has 3 atom stereocenters. The van der Waals surface area contributed by atoms with Gasteiger partial charge in [0.15, 0.2) is 23.0 Å². The Morgan fingerprint density at radius 3 is 1.03 bits per heavy atom. The molecule has 5 amide bonds. The lowest BCUT2D eigenvalue weighted by Gasteiger charge is -2.38. The monoisotopic (exact) mass is 891 g/mol. The minimum Gasteiger partial charge on any atom is -0.454 e. The van der Waals surface area contributed by atoms with Crippen molar-refractivity contribution in [2.24, 2.45) is 34.0 Å². The molecule has 354 valence electrons. The van der Waals surface area contributed by atoms with Gasteiger partial charge in [0.1, 0.15) is 0 Å². The molecule has 5 aliphatic heterocycles. The van der Waals surface area contributed by atoms with Gasteiger partial charge in [0.2, 0.25) is 31.3 Å². The molecule has 2 aromatic rings. The summed E-state index contributed by atoms with van der Waals surface area (Å²) in [6.07, 6.45) is 0. The smallest absolute Gasteiger partial charge is 0.254 e. The highest BCUT2D eigenvalue weighted by atomic mass is 16.7. The number of carbonyl (C=O) groups excluding carboxylic acids is 5. The zero-order valence-corrected chi connectivity index (χ0v) is 40.5. The third-order valence-corrected chi connectivity index (χ3v) is 13.4. The van der Waals surface area contributed by atoms with Crippen LogP contribution >= 0.6 is 0 Å². The first-order valence-corrected chi connectivity index (χ1v) is 22.9. The van der Waals surface area contributed by atoms with Crippen molar-refractivity contribution in [3.8, 4) is 23.0 Å². The molecule has 64 heavy (non-hydrogen) atoms. The van der Waals surface area contributed by atoms with Crippen LogP contribution in [0.5, 0.6) is 23.0 Å². The van der Waals surface area contributed by atoms with Crippen LogP contribution in [0.1, 0.15) is 104 Å². The number of ether oxygens (including phenoxy) is 4. The van der Waals surface area contributed by atoms with Gasteiger partial charge in [-0.05, 0) is 52.6 Å². The van der Waals surface area contributed by atoms with Gasteiger partial charge in [-0.3, -0.25) is 24.0 Å². The van der Waals surface area contributed by atoms with Crippen molar-refractivity contribution in [3.05, 3.63) is 47.5 Å². The third-order valence-electron chi connectivity index (χ3n) is 13.4. The molecule has 3 fully saturated rings.